The number of hydrogen-bond donors (Lipinski definition) is 0. The summed E-state index contributed by atoms with van der Waals surface area (Å²) in [6.45, 7) is 3.60. The molecular formula is C31H28F3N3O5. The molecule has 0 spiro atoms. The summed E-state index contributed by atoms with van der Waals surface area (Å²) in [7, 11) is 0. The lowest BCUT2D eigenvalue weighted by Gasteiger charge is -2.31. The van der Waals surface area contributed by atoms with E-state index in [1.807, 2.05) is 43.3 Å². The van der Waals surface area contributed by atoms with Crippen molar-refractivity contribution in [1.29, 1.82) is 0 Å². The normalized spacial score (nSPS) is 13.9. The minimum Gasteiger partial charge on any atom is -0.493 e. The van der Waals surface area contributed by atoms with E-state index in [0.717, 1.165) is 36.3 Å². The minimum absolute atomic E-state index is 0.0151. The molecular weight excluding hydrogens is 551 g/mol. The molecule has 3 heterocycles. The van der Waals surface area contributed by atoms with Crippen LogP contribution < -0.4 is 18.9 Å². The Bertz CT molecular complexity index is 1450. The van der Waals surface area contributed by atoms with Gasteiger partial charge in [-0.15, -0.1) is 0 Å². The second kappa shape index (κ2) is 12.8. The van der Waals surface area contributed by atoms with Gasteiger partial charge < -0.3 is 23.8 Å². The number of piperidine rings is 1. The molecule has 42 heavy (non-hydrogen) atoms. The van der Waals surface area contributed by atoms with Crippen molar-refractivity contribution in [3.05, 3.63) is 96.3 Å². The number of carbonyl (C=O) groups is 1. The summed E-state index contributed by atoms with van der Waals surface area (Å²) >= 11 is 0. The maximum absolute atomic E-state index is 12.7. The van der Waals surface area contributed by atoms with Crippen molar-refractivity contribution in [2.75, 3.05) is 19.7 Å². The quantitative estimate of drug-likeness (QED) is 0.212. The Hall–Kier alpha value is -4.80. The highest BCUT2D eigenvalue weighted by atomic mass is 19.4. The fourth-order valence-corrected chi connectivity index (χ4v) is 4.21. The molecule has 1 aliphatic heterocycles. The number of hydrogen-bond acceptors (Lipinski definition) is 7. The lowest BCUT2D eigenvalue weighted by Crippen LogP contribution is -2.41. The van der Waals surface area contributed by atoms with Crippen molar-refractivity contribution in [2.45, 2.75) is 25.9 Å². The molecule has 0 radical (unpaired) electrons. The summed E-state index contributed by atoms with van der Waals surface area (Å²) in [5.74, 6) is 2.92. The first kappa shape index (κ1) is 28.7. The molecule has 8 nitrogen and oxygen atoms in total. The molecule has 1 saturated heterocycles. The maximum atomic E-state index is 12.7. The van der Waals surface area contributed by atoms with E-state index >= 15 is 0 Å². The predicted molar refractivity (Wildman–Crippen MR) is 147 cm³/mol. The molecule has 5 rings (SSSR count). The molecule has 0 bridgehead atoms. The van der Waals surface area contributed by atoms with Crippen molar-refractivity contribution in [3.8, 4) is 34.8 Å². The third kappa shape index (κ3) is 7.90. The van der Waals surface area contributed by atoms with Crippen LogP contribution in [0.4, 0.5) is 18.0 Å². The Labute approximate surface area is 240 Å². The van der Waals surface area contributed by atoms with Gasteiger partial charge in [0.25, 0.3) is 0 Å². The third-order valence-corrected chi connectivity index (χ3v) is 6.60. The molecule has 0 N–H and O–H groups in total. The number of nitrogens with zero attached hydrogens (tertiary/aromatic N) is 3. The van der Waals surface area contributed by atoms with Gasteiger partial charge in [-0.25, -0.2) is 14.8 Å². The molecule has 0 saturated carbocycles. The highest BCUT2D eigenvalue weighted by molar-refractivity contribution is 5.70. The summed E-state index contributed by atoms with van der Waals surface area (Å²) in [4.78, 5) is 22.2. The standard InChI is InChI=1S/C31H28F3N3O5/c1-21-2-12-28(35-18-21)40-25-6-4-24(5-7-25)39-20-22-14-16-37(17-15-22)30(38)42-27-10-8-26(9-11-27)41-29-13-3-23(19-36-29)31(32,33)34/h2-13,18-19,22H,14-17,20H2,1H3. The number of likely N-dealkylation sites (tertiary alicyclic amines) is 1. The van der Waals surface area contributed by atoms with Crippen LogP contribution in [0.3, 0.4) is 0 Å². The van der Waals surface area contributed by atoms with Gasteiger partial charge in [0.2, 0.25) is 11.8 Å². The second-order valence-corrected chi connectivity index (χ2v) is 9.81. The fourth-order valence-electron chi connectivity index (χ4n) is 4.21. The first-order valence-corrected chi connectivity index (χ1v) is 13.3. The van der Waals surface area contributed by atoms with Crippen LogP contribution in [-0.4, -0.2) is 40.7 Å². The van der Waals surface area contributed by atoms with Crippen molar-refractivity contribution >= 4 is 6.09 Å². The molecule has 11 heteroatoms. The van der Waals surface area contributed by atoms with Gasteiger partial charge in [-0.05, 0) is 85.8 Å². The van der Waals surface area contributed by atoms with Crippen LogP contribution in [-0.2, 0) is 6.18 Å². The Morgan fingerprint density at radius 3 is 1.86 bits per heavy atom. The average molecular weight is 580 g/mol. The summed E-state index contributed by atoms with van der Waals surface area (Å²) in [5, 5.41) is 0. The van der Waals surface area contributed by atoms with Crippen LogP contribution in [0.1, 0.15) is 24.0 Å². The summed E-state index contributed by atoms with van der Waals surface area (Å²) in [6.07, 6.45) is -0.903. The first-order valence-electron chi connectivity index (χ1n) is 13.3. The molecule has 1 aliphatic rings. The largest absolute Gasteiger partial charge is 0.493 e. The number of alkyl halides is 3. The molecule has 0 aliphatic carbocycles. The minimum atomic E-state index is -4.47. The zero-order valence-electron chi connectivity index (χ0n) is 22.7. The number of amides is 1. The van der Waals surface area contributed by atoms with Crippen molar-refractivity contribution < 1.29 is 36.9 Å². The van der Waals surface area contributed by atoms with Crippen LogP contribution in [0.15, 0.2) is 85.2 Å². The Morgan fingerprint density at radius 2 is 1.33 bits per heavy atom. The topological polar surface area (TPSA) is 83.0 Å². The van der Waals surface area contributed by atoms with E-state index in [9.17, 15) is 18.0 Å². The highest BCUT2D eigenvalue weighted by Gasteiger charge is 2.30. The Kier molecular flexibility index (Phi) is 8.75. The van der Waals surface area contributed by atoms with Gasteiger partial charge in [-0.3, -0.25) is 0 Å². The zero-order valence-corrected chi connectivity index (χ0v) is 22.7. The monoisotopic (exact) mass is 579 g/mol. The number of pyridine rings is 2. The lowest BCUT2D eigenvalue weighted by molar-refractivity contribution is -0.137. The van der Waals surface area contributed by atoms with E-state index < -0.39 is 17.8 Å². The fraction of sp³-hybridized carbons (Fsp3) is 0.258. The lowest BCUT2D eigenvalue weighted by atomic mass is 9.98. The average Bonchev–Trinajstić information content (AvgIpc) is 2.99. The van der Waals surface area contributed by atoms with E-state index in [2.05, 4.69) is 9.97 Å². The number of benzene rings is 2. The van der Waals surface area contributed by atoms with Gasteiger partial charge in [0.05, 0.1) is 12.2 Å². The van der Waals surface area contributed by atoms with E-state index in [1.165, 1.54) is 0 Å². The van der Waals surface area contributed by atoms with Gasteiger partial charge in [-0.1, -0.05) is 6.07 Å². The van der Waals surface area contributed by atoms with Crippen molar-refractivity contribution in [1.82, 2.24) is 14.9 Å². The van der Waals surface area contributed by atoms with Gasteiger partial charge in [0, 0.05) is 37.6 Å². The number of aromatic nitrogens is 2. The number of halogens is 3. The molecule has 0 unspecified atom stereocenters. The number of carbonyl (C=O) groups excluding carboxylic acids is 1. The Morgan fingerprint density at radius 1 is 0.786 bits per heavy atom. The van der Waals surface area contributed by atoms with Crippen LogP contribution in [0, 0.1) is 12.8 Å². The van der Waals surface area contributed by atoms with Gasteiger partial charge >= 0.3 is 12.3 Å². The third-order valence-electron chi connectivity index (χ3n) is 6.60. The molecule has 2 aromatic carbocycles. The molecule has 0 atom stereocenters. The summed E-state index contributed by atoms with van der Waals surface area (Å²) < 4.78 is 60.7. The first-order chi connectivity index (χ1) is 20.2. The van der Waals surface area contributed by atoms with Gasteiger partial charge in [0.1, 0.15) is 23.0 Å². The summed E-state index contributed by atoms with van der Waals surface area (Å²) in [5.41, 5.74) is 0.203. The van der Waals surface area contributed by atoms with Crippen LogP contribution in [0.25, 0.3) is 0 Å². The smallest absolute Gasteiger partial charge is 0.417 e. The van der Waals surface area contributed by atoms with Crippen molar-refractivity contribution in [3.63, 3.8) is 0 Å². The highest BCUT2D eigenvalue weighted by Crippen LogP contribution is 2.30. The molecule has 1 amide bonds. The predicted octanol–water partition coefficient (Wildman–Crippen LogP) is 7.68. The van der Waals surface area contributed by atoms with Crippen LogP contribution >= 0.6 is 0 Å². The van der Waals surface area contributed by atoms with Crippen LogP contribution in [0.2, 0.25) is 0 Å². The molecule has 218 valence electrons. The second-order valence-electron chi connectivity index (χ2n) is 9.81. The number of aryl methyl sites for hydroxylation is 1. The molecule has 2 aromatic heterocycles. The van der Waals surface area contributed by atoms with Crippen LogP contribution in [0.5, 0.6) is 34.8 Å². The molecule has 4 aromatic rings. The van der Waals surface area contributed by atoms with Crippen molar-refractivity contribution in [2.24, 2.45) is 5.92 Å². The number of rotatable bonds is 8. The van der Waals surface area contributed by atoms with E-state index in [-0.39, 0.29) is 5.88 Å². The maximum Gasteiger partial charge on any atom is 0.417 e. The van der Waals surface area contributed by atoms with Gasteiger partial charge in [0.15, 0.2) is 0 Å². The van der Waals surface area contributed by atoms with E-state index in [0.29, 0.717) is 54.9 Å². The van der Waals surface area contributed by atoms with E-state index in [4.69, 9.17) is 18.9 Å². The van der Waals surface area contributed by atoms with E-state index in [1.54, 1.807) is 35.4 Å². The summed E-state index contributed by atoms with van der Waals surface area (Å²) in [6, 6.07) is 19.4. The molecule has 1 fully saturated rings. The van der Waals surface area contributed by atoms with Gasteiger partial charge in [-0.2, -0.15) is 13.2 Å². The Balaban J connectivity index is 1.03. The zero-order chi connectivity index (χ0) is 29.5. The number of ether oxygens (including phenoxy) is 4. The SMILES string of the molecule is Cc1ccc(Oc2ccc(OCC3CCN(C(=O)Oc4ccc(Oc5ccc(C(F)(F)F)cn5)cc4)CC3)cc2)nc1.